The second-order valence-electron chi connectivity index (χ2n) is 7.70. The number of hydrogen-bond donors (Lipinski definition) is 4. The van der Waals surface area contributed by atoms with Crippen molar-refractivity contribution in [1.82, 2.24) is 10.3 Å². The van der Waals surface area contributed by atoms with Gasteiger partial charge in [0.15, 0.2) is 0 Å². The Labute approximate surface area is 244 Å². The number of carboxylic acid groups (broad SMARTS) is 1. The summed E-state index contributed by atoms with van der Waals surface area (Å²) in [5.74, 6) is -1.92. The van der Waals surface area contributed by atoms with Crippen LogP contribution >= 0.6 is 23.2 Å². The molecule has 3 aromatic carbocycles. The maximum Gasteiger partial charge on any atom is 1.00 e. The molecule has 0 aliphatic carbocycles. The number of halogens is 2. The fourth-order valence-corrected chi connectivity index (χ4v) is 4.12. The van der Waals surface area contributed by atoms with Gasteiger partial charge in [0.2, 0.25) is 5.91 Å². The Hall–Kier alpha value is -3.27. The molecule has 1 heterocycles. The van der Waals surface area contributed by atoms with Crippen LogP contribution in [0.15, 0.2) is 72.8 Å². The molecule has 0 unspecified atom stereocenters. The second-order valence-corrected chi connectivity index (χ2v) is 8.55. The minimum absolute atomic E-state index is 0. The van der Waals surface area contributed by atoms with Crippen molar-refractivity contribution < 1.29 is 49.0 Å². The van der Waals surface area contributed by atoms with Crippen LogP contribution in [0.4, 0.5) is 16.2 Å². The van der Waals surface area contributed by atoms with Gasteiger partial charge >= 0.3 is 35.6 Å². The third-order valence-electron chi connectivity index (χ3n) is 5.17. The number of fused-ring (bicyclic) bond motifs is 1. The number of rotatable bonds is 7. The maximum absolute atomic E-state index is 12.4. The molecule has 0 saturated carbocycles. The molecule has 0 radical (unpaired) electrons. The van der Waals surface area contributed by atoms with Crippen LogP contribution in [-0.4, -0.2) is 22.9 Å². The maximum atomic E-state index is 12.4. The zero-order valence-electron chi connectivity index (χ0n) is 19.6. The molecule has 0 fully saturated rings. The van der Waals surface area contributed by atoms with Gasteiger partial charge in [0.1, 0.15) is 0 Å². The fraction of sp³-hybridized carbons (Fsp3) is 0.0385. The topological polar surface area (TPSA) is 126 Å². The first kappa shape index (κ1) is 28.3. The van der Waals surface area contributed by atoms with Crippen LogP contribution in [0.3, 0.4) is 0 Å². The number of carbonyl (C=O) groups is 3. The summed E-state index contributed by atoms with van der Waals surface area (Å²) in [5.41, 5.74) is 2.44. The van der Waals surface area contributed by atoms with E-state index in [1.165, 1.54) is 24.3 Å². The van der Waals surface area contributed by atoms with Crippen molar-refractivity contribution in [2.24, 2.45) is 0 Å². The van der Waals surface area contributed by atoms with Crippen molar-refractivity contribution in [2.75, 3.05) is 10.6 Å². The van der Waals surface area contributed by atoms with E-state index in [1.807, 2.05) is 18.2 Å². The van der Waals surface area contributed by atoms with Gasteiger partial charge in [-0.2, -0.15) is 0 Å². The van der Waals surface area contributed by atoms with Crippen LogP contribution in [-0.2, 0) is 11.3 Å². The minimum Gasteiger partial charge on any atom is -0.543 e. The number of H-pyrrole nitrogens is 1. The molecule has 4 N–H and O–H groups in total. The molecule has 182 valence electrons. The van der Waals surface area contributed by atoms with Crippen molar-refractivity contribution in [3.8, 4) is 0 Å². The number of urea groups is 1. The van der Waals surface area contributed by atoms with E-state index in [2.05, 4.69) is 20.9 Å². The minimum atomic E-state index is -1.44. The number of anilines is 2. The molecule has 0 bridgehead atoms. The summed E-state index contributed by atoms with van der Waals surface area (Å²) >= 11 is 12.2. The summed E-state index contributed by atoms with van der Waals surface area (Å²) in [6, 6.07) is 18.7. The normalized spacial score (nSPS) is 10.6. The molecular formula is C26H19Cl2N4NaO4. The monoisotopic (exact) mass is 544 g/mol. The van der Waals surface area contributed by atoms with Crippen molar-refractivity contribution >= 4 is 69.5 Å². The first-order chi connectivity index (χ1) is 17.3. The number of benzene rings is 3. The average molecular weight is 545 g/mol. The summed E-state index contributed by atoms with van der Waals surface area (Å²) in [5, 5.41) is 20.7. The zero-order chi connectivity index (χ0) is 25.7. The zero-order valence-corrected chi connectivity index (χ0v) is 23.1. The Kier molecular flexibility index (Phi) is 9.79. The van der Waals surface area contributed by atoms with Crippen molar-refractivity contribution in [3.05, 3.63) is 99.7 Å². The average Bonchev–Trinajstić information content (AvgIpc) is 3.22. The molecule has 4 rings (SSSR count). The van der Waals surface area contributed by atoms with E-state index >= 15 is 0 Å². The molecule has 4 aromatic rings. The molecule has 11 heteroatoms. The van der Waals surface area contributed by atoms with Gasteiger partial charge in [-0.3, -0.25) is 4.79 Å². The number of aromatic carboxylic acids is 1. The summed E-state index contributed by atoms with van der Waals surface area (Å²) in [7, 11) is 0. The Bertz CT molecular complexity index is 1470. The fourth-order valence-electron chi connectivity index (χ4n) is 3.53. The van der Waals surface area contributed by atoms with Crippen LogP contribution < -0.4 is 50.6 Å². The number of amides is 3. The SMILES string of the molecule is O=C(/C=C/c1c(C(=O)[O-])[nH]c2cc(Cl)cc(Cl)c12)Nc1ccc(CNC(=O)Nc2ccccc2)cc1.[Na+]. The molecule has 0 saturated heterocycles. The number of aromatic amines is 1. The molecule has 1 aromatic heterocycles. The number of nitrogens with one attached hydrogen (secondary N) is 4. The van der Waals surface area contributed by atoms with Gasteiger partial charge in [0, 0.05) is 45.5 Å². The van der Waals surface area contributed by atoms with Gasteiger partial charge < -0.3 is 30.8 Å². The van der Waals surface area contributed by atoms with Crippen LogP contribution in [0.5, 0.6) is 0 Å². The van der Waals surface area contributed by atoms with E-state index in [9.17, 15) is 19.5 Å². The Morgan fingerprint density at radius 1 is 0.919 bits per heavy atom. The Balaban J connectivity index is 0.00000380. The van der Waals surface area contributed by atoms with E-state index < -0.39 is 11.9 Å². The van der Waals surface area contributed by atoms with Gasteiger partial charge in [-0.1, -0.05) is 53.5 Å². The molecular weight excluding hydrogens is 526 g/mol. The second kappa shape index (κ2) is 12.8. The Morgan fingerprint density at radius 2 is 1.59 bits per heavy atom. The first-order valence-corrected chi connectivity index (χ1v) is 11.5. The van der Waals surface area contributed by atoms with E-state index in [4.69, 9.17) is 23.2 Å². The van der Waals surface area contributed by atoms with E-state index in [1.54, 1.807) is 36.4 Å². The van der Waals surface area contributed by atoms with Gasteiger partial charge in [-0.15, -0.1) is 0 Å². The predicted octanol–water partition coefficient (Wildman–Crippen LogP) is 1.82. The number of carbonyl (C=O) groups excluding carboxylic acids is 3. The summed E-state index contributed by atoms with van der Waals surface area (Å²) < 4.78 is 0. The Morgan fingerprint density at radius 3 is 2.27 bits per heavy atom. The number of para-hydroxylation sites is 1. The van der Waals surface area contributed by atoms with Crippen LogP contribution in [0, 0.1) is 0 Å². The van der Waals surface area contributed by atoms with Gasteiger partial charge in [0.05, 0.1) is 16.7 Å². The van der Waals surface area contributed by atoms with Crippen molar-refractivity contribution in [1.29, 1.82) is 0 Å². The van der Waals surface area contributed by atoms with E-state index in [-0.39, 0.29) is 51.9 Å². The smallest absolute Gasteiger partial charge is 0.543 e. The van der Waals surface area contributed by atoms with E-state index in [0.717, 1.165) is 5.56 Å². The van der Waals surface area contributed by atoms with E-state index in [0.29, 0.717) is 33.8 Å². The third kappa shape index (κ3) is 7.38. The molecule has 0 aliphatic rings. The summed E-state index contributed by atoms with van der Waals surface area (Å²) in [4.78, 5) is 38.7. The standard InChI is InChI=1S/C26H20Cl2N4O4.Na/c27-16-12-20(28)23-19(24(25(34)35)32-21(23)13-16)10-11-22(33)30-18-8-6-15(7-9-18)14-29-26(36)31-17-4-2-1-3-5-17;/h1-13,32H,14H2,(H,30,33)(H,34,35)(H2,29,31,36);/q;+1/p-1/b11-10+;. The number of carboxylic acids is 1. The first-order valence-electron chi connectivity index (χ1n) is 10.7. The molecule has 8 nitrogen and oxygen atoms in total. The van der Waals surface area contributed by atoms with Crippen LogP contribution in [0.25, 0.3) is 17.0 Å². The quantitative estimate of drug-likeness (QED) is 0.209. The predicted molar refractivity (Wildman–Crippen MR) is 139 cm³/mol. The van der Waals surface area contributed by atoms with Crippen LogP contribution in [0.1, 0.15) is 21.6 Å². The summed E-state index contributed by atoms with van der Waals surface area (Å²) in [6.07, 6.45) is 2.55. The van der Waals surface area contributed by atoms with Gasteiger partial charge in [0.25, 0.3) is 0 Å². The molecule has 37 heavy (non-hydrogen) atoms. The molecule has 0 spiro atoms. The summed E-state index contributed by atoms with van der Waals surface area (Å²) in [6.45, 7) is 0.296. The number of aromatic nitrogens is 1. The van der Waals surface area contributed by atoms with Gasteiger partial charge in [-0.05, 0) is 48.0 Å². The number of hydrogen-bond acceptors (Lipinski definition) is 4. The van der Waals surface area contributed by atoms with Gasteiger partial charge in [-0.25, -0.2) is 4.79 Å². The van der Waals surface area contributed by atoms with Crippen molar-refractivity contribution in [3.63, 3.8) is 0 Å². The molecule has 3 amide bonds. The van der Waals surface area contributed by atoms with Crippen LogP contribution in [0.2, 0.25) is 10.0 Å². The third-order valence-corrected chi connectivity index (χ3v) is 5.68. The molecule has 0 atom stereocenters. The largest absolute Gasteiger partial charge is 1.00 e. The van der Waals surface area contributed by atoms with Crippen molar-refractivity contribution in [2.45, 2.75) is 6.54 Å². The molecule has 0 aliphatic heterocycles.